The third kappa shape index (κ3) is 3.96. The predicted octanol–water partition coefficient (Wildman–Crippen LogP) is 2.89. The Hall–Kier alpha value is -0.0800. The molecule has 100 valence electrons. The van der Waals surface area contributed by atoms with Gasteiger partial charge in [0.15, 0.2) is 0 Å². The summed E-state index contributed by atoms with van der Waals surface area (Å²) in [7, 11) is 0. The van der Waals surface area contributed by atoms with Crippen molar-refractivity contribution in [1.82, 2.24) is 10.2 Å². The maximum absolute atomic E-state index is 3.70. The van der Waals surface area contributed by atoms with Crippen molar-refractivity contribution >= 4 is 0 Å². The van der Waals surface area contributed by atoms with E-state index in [1.807, 2.05) is 0 Å². The van der Waals surface area contributed by atoms with Crippen LogP contribution in [-0.2, 0) is 0 Å². The van der Waals surface area contributed by atoms with Crippen molar-refractivity contribution < 1.29 is 0 Å². The molecule has 0 aromatic rings. The molecule has 0 aromatic heterocycles. The first kappa shape index (κ1) is 13.4. The zero-order valence-corrected chi connectivity index (χ0v) is 11.9. The summed E-state index contributed by atoms with van der Waals surface area (Å²) >= 11 is 0. The zero-order valence-electron chi connectivity index (χ0n) is 11.9. The zero-order chi connectivity index (χ0) is 12.3. The largest absolute Gasteiger partial charge is 0.311 e. The lowest BCUT2D eigenvalue weighted by Gasteiger charge is -2.40. The van der Waals surface area contributed by atoms with E-state index < -0.39 is 0 Å². The molecule has 2 aliphatic rings. The van der Waals surface area contributed by atoms with E-state index in [1.165, 1.54) is 51.7 Å². The Bertz CT molecular complexity index is 223. The van der Waals surface area contributed by atoms with Crippen molar-refractivity contribution in [3.63, 3.8) is 0 Å². The monoisotopic (exact) mass is 238 g/mol. The maximum Gasteiger partial charge on any atom is 0.0198 e. The summed E-state index contributed by atoms with van der Waals surface area (Å²) < 4.78 is 0. The van der Waals surface area contributed by atoms with Gasteiger partial charge in [-0.05, 0) is 38.1 Å². The lowest BCUT2D eigenvalue weighted by atomic mass is 9.83. The highest BCUT2D eigenvalue weighted by Gasteiger charge is 2.26. The van der Waals surface area contributed by atoms with E-state index in [4.69, 9.17) is 0 Å². The minimum absolute atomic E-state index is 0.729. The molecule has 0 spiro atoms. The summed E-state index contributed by atoms with van der Waals surface area (Å²) in [6.07, 6.45) is 7.24. The fraction of sp³-hybridized carbons (Fsp3) is 1.00. The quantitative estimate of drug-likeness (QED) is 0.792. The fourth-order valence-corrected chi connectivity index (χ4v) is 3.16. The first-order valence-corrected chi connectivity index (χ1v) is 7.62. The van der Waals surface area contributed by atoms with Crippen LogP contribution in [0.1, 0.15) is 52.9 Å². The lowest BCUT2D eigenvalue weighted by Crippen LogP contribution is -2.56. The summed E-state index contributed by atoms with van der Waals surface area (Å²) in [5.74, 6) is 1.87. The van der Waals surface area contributed by atoms with Crippen molar-refractivity contribution in [3.8, 4) is 0 Å². The van der Waals surface area contributed by atoms with Gasteiger partial charge in [0, 0.05) is 25.2 Å². The SMILES string of the molecule is CC(C)CC1CN(CCC2CCC2)C(C)CN1. The fourth-order valence-electron chi connectivity index (χ4n) is 3.16. The van der Waals surface area contributed by atoms with Crippen LogP contribution in [0.2, 0.25) is 0 Å². The normalized spacial score (nSPS) is 31.8. The highest BCUT2D eigenvalue weighted by molar-refractivity contribution is 4.85. The van der Waals surface area contributed by atoms with E-state index >= 15 is 0 Å². The van der Waals surface area contributed by atoms with Crippen molar-refractivity contribution in [2.45, 2.75) is 65.0 Å². The van der Waals surface area contributed by atoms with Crippen molar-refractivity contribution in [1.29, 1.82) is 0 Å². The average Bonchev–Trinajstić information content (AvgIpc) is 2.19. The van der Waals surface area contributed by atoms with Crippen LogP contribution in [0, 0.1) is 11.8 Å². The third-order valence-electron chi connectivity index (χ3n) is 4.59. The highest BCUT2D eigenvalue weighted by Crippen LogP contribution is 2.29. The minimum Gasteiger partial charge on any atom is -0.311 e. The van der Waals surface area contributed by atoms with Gasteiger partial charge in [0.1, 0.15) is 0 Å². The molecule has 1 N–H and O–H groups in total. The summed E-state index contributed by atoms with van der Waals surface area (Å²) in [4.78, 5) is 2.72. The Morgan fingerprint density at radius 2 is 2.06 bits per heavy atom. The molecule has 1 saturated carbocycles. The van der Waals surface area contributed by atoms with Crippen molar-refractivity contribution in [2.75, 3.05) is 19.6 Å². The van der Waals surface area contributed by atoms with Gasteiger partial charge in [-0.25, -0.2) is 0 Å². The number of hydrogen-bond acceptors (Lipinski definition) is 2. The van der Waals surface area contributed by atoms with Gasteiger partial charge in [0.25, 0.3) is 0 Å². The van der Waals surface area contributed by atoms with Crippen LogP contribution in [0.4, 0.5) is 0 Å². The van der Waals surface area contributed by atoms with E-state index in [-0.39, 0.29) is 0 Å². The molecule has 2 rings (SSSR count). The standard InChI is InChI=1S/C15H30N2/c1-12(2)9-15-11-17(13(3)10-16-15)8-7-14-5-4-6-14/h12-16H,4-11H2,1-3H3. The molecule has 1 saturated heterocycles. The van der Waals surface area contributed by atoms with Gasteiger partial charge in [-0.2, -0.15) is 0 Å². The predicted molar refractivity (Wildman–Crippen MR) is 74.2 cm³/mol. The van der Waals surface area contributed by atoms with E-state index in [0.717, 1.165) is 23.9 Å². The molecule has 0 aromatic carbocycles. The molecule has 2 heteroatoms. The number of nitrogens with zero attached hydrogens (tertiary/aromatic N) is 1. The second-order valence-corrected chi connectivity index (χ2v) is 6.66. The summed E-state index contributed by atoms with van der Waals surface area (Å²) in [6.45, 7) is 10.8. The first-order chi connectivity index (χ1) is 8.15. The molecule has 0 radical (unpaired) electrons. The van der Waals surface area contributed by atoms with Crippen LogP contribution in [0.5, 0.6) is 0 Å². The molecule has 2 unspecified atom stereocenters. The van der Waals surface area contributed by atoms with Crippen LogP contribution < -0.4 is 5.32 Å². The van der Waals surface area contributed by atoms with Crippen LogP contribution in [0.3, 0.4) is 0 Å². The molecular weight excluding hydrogens is 208 g/mol. The van der Waals surface area contributed by atoms with Gasteiger partial charge in [-0.1, -0.05) is 33.1 Å². The Morgan fingerprint density at radius 1 is 1.29 bits per heavy atom. The molecule has 1 aliphatic heterocycles. The Balaban J connectivity index is 1.73. The van der Waals surface area contributed by atoms with E-state index in [1.54, 1.807) is 0 Å². The Kier molecular flexibility index (Phi) is 4.87. The number of piperazine rings is 1. The van der Waals surface area contributed by atoms with Gasteiger partial charge in [0.2, 0.25) is 0 Å². The lowest BCUT2D eigenvalue weighted by molar-refractivity contribution is 0.116. The second-order valence-electron chi connectivity index (χ2n) is 6.66. The number of nitrogens with one attached hydrogen (secondary N) is 1. The Morgan fingerprint density at radius 3 is 2.65 bits per heavy atom. The second kappa shape index (κ2) is 6.19. The third-order valence-corrected chi connectivity index (χ3v) is 4.59. The molecule has 1 aliphatic carbocycles. The molecule has 2 nitrogen and oxygen atoms in total. The van der Waals surface area contributed by atoms with Gasteiger partial charge in [0.05, 0.1) is 0 Å². The maximum atomic E-state index is 3.70. The van der Waals surface area contributed by atoms with Crippen LogP contribution in [0.15, 0.2) is 0 Å². The number of rotatable bonds is 5. The molecule has 0 amide bonds. The number of hydrogen-bond donors (Lipinski definition) is 1. The minimum atomic E-state index is 0.729. The van der Waals surface area contributed by atoms with Crippen LogP contribution >= 0.6 is 0 Å². The smallest absolute Gasteiger partial charge is 0.0198 e. The van der Waals surface area contributed by atoms with Gasteiger partial charge in [-0.15, -0.1) is 0 Å². The van der Waals surface area contributed by atoms with E-state index in [9.17, 15) is 0 Å². The summed E-state index contributed by atoms with van der Waals surface area (Å²) in [6, 6.07) is 1.46. The highest BCUT2D eigenvalue weighted by atomic mass is 15.2. The molecule has 2 fully saturated rings. The van der Waals surface area contributed by atoms with Gasteiger partial charge >= 0.3 is 0 Å². The van der Waals surface area contributed by atoms with E-state index in [0.29, 0.717) is 0 Å². The topological polar surface area (TPSA) is 15.3 Å². The molecule has 1 heterocycles. The first-order valence-electron chi connectivity index (χ1n) is 7.62. The van der Waals surface area contributed by atoms with Crippen molar-refractivity contribution in [2.24, 2.45) is 11.8 Å². The molecule has 2 atom stereocenters. The molecule has 0 bridgehead atoms. The average molecular weight is 238 g/mol. The van der Waals surface area contributed by atoms with Gasteiger partial charge in [-0.3, -0.25) is 4.90 Å². The van der Waals surface area contributed by atoms with Crippen LogP contribution in [0.25, 0.3) is 0 Å². The summed E-state index contributed by atoms with van der Waals surface area (Å²) in [5.41, 5.74) is 0. The van der Waals surface area contributed by atoms with E-state index in [2.05, 4.69) is 31.0 Å². The van der Waals surface area contributed by atoms with Gasteiger partial charge < -0.3 is 5.32 Å². The summed E-state index contributed by atoms with van der Waals surface area (Å²) in [5, 5.41) is 3.70. The Labute approximate surface area is 107 Å². The van der Waals surface area contributed by atoms with Crippen LogP contribution in [-0.4, -0.2) is 36.6 Å². The molecule has 17 heavy (non-hydrogen) atoms. The molecular formula is C15H30N2. The van der Waals surface area contributed by atoms with Crippen molar-refractivity contribution in [3.05, 3.63) is 0 Å².